The number of hydrogen-bond acceptors (Lipinski definition) is 4. The van der Waals surface area contributed by atoms with E-state index in [0.717, 1.165) is 31.2 Å². The Morgan fingerprint density at radius 2 is 1.42 bits per heavy atom. The van der Waals surface area contributed by atoms with Crippen LogP contribution in [0.15, 0.2) is 30.3 Å². The SMILES string of the molecule is CCCCCCCCCCCCCCCC(=O)NNC(=O)[C@H]1CCCN1C(=O)OCc1ccccc1. The summed E-state index contributed by atoms with van der Waals surface area (Å²) in [4.78, 5) is 38.6. The van der Waals surface area contributed by atoms with Crippen molar-refractivity contribution in [1.82, 2.24) is 15.8 Å². The summed E-state index contributed by atoms with van der Waals surface area (Å²) in [5.41, 5.74) is 5.89. The maximum absolute atomic E-state index is 12.6. The predicted octanol–water partition coefficient (Wildman–Crippen LogP) is 6.42. The lowest BCUT2D eigenvalue weighted by Gasteiger charge is -2.23. The zero-order valence-electron chi connectivity index (χ0n) is 22.3. The fraction of sp³-hybridized carbons (Fsp3) is 0.690. The number of rotatable bonds is 17. The number of carbonyl (C=O) groups excluding carboxylic acids is 3. The van der Waals surface area contributed by atoms with Crippen LogP contribution in [0.5, 0.6) is 0 Å². The van der Waals surface area contributed by atoms with Crippen LogP contribution in [0.25, 0.3) is 0 Å². The van der Waals surface area contributed by atoms with E-state index in [1.165, 1.54) is 69.1 Å². The summed E-state index contributed by atoms with van der Waals surface area (Å²) in [6.45, 7) is 2.89. The molecular weight excluding hydrogens is 454 g/mol. The maximum atomic E-state index is 12.6. The summed E-state index contributed by atoms with van der Waals surface area (Å²) in [7, 11) is 0. The molecule has 3 amide bonds. The second-order valence-corrected chi connectivity index (χ2v) is 9.92. The van der Waals surface area contributed by atoms with Gasteiger partial charge in [0, 0.05) is 13.0 Å². The zero-order valence-corrected chi connectivity index (χ0v) is 22.3. The number of ether oxygens (including phenoxy) is 1. The van der Waals surface area contributed by atoms with E-state index < -0.39 is 12.1 Å². The van der Waals surface area contributed by atoms with Crippen LogP contribution in [0, 0.1) is 0 Å². The number of likely N-dealkylation sites (tertiary alicyclic amines) is 1. The van der Waals surface area contributed by atoms with Gasteiger partial charge >= 0.3 is 6.09 Å². The summed E-state index contributed by atoms with van der Waals surface area (Å²) < 4.78 is 5.37. The average Bonchev–Trinajstić information content (AvgIpc) is 3.39. The van der Waals surface area contributed by atoms with Gasteiger partial charge in [-0.05, 0) is 24.8 Å². The van der Waals surface area contributed by atoms with Crippen molar-refractivity contribution in [2.45, 2.75) is 122 Å². The van der Waals surface area contributed by atoms with Crippen molar-refractivity contribution in [3.8, 4) is 0 Å². The number of benzene rings is 1. The summed E-state index contributed by atoms with van der Waals surface area (Å²) in [5, 5.41) is 0. The molecule has 0 aliphatic carbocycles. The van der Waals surface area contributed by atoms with Gasteiger partial charge in [-0.1, -0.05) is 114 Å². The molecule has 202 valence electrons. The Morgan fingerprint density at radius 3 is 2.03 bits per heavy atom. The molecule has 0 unspecified atom stereocenters. The topological polar surface area (TPSA) is 87.7 Å². The second-order valence-electron chi connectivity index (χ2n) is 9.92. The number of amides is 3. The largest absolute Gasteiger partial charge is 0.445 e. The third-order valence-corrected chi connectivity index (χ3v) is 6.83. The van der Waals surface area contributed by atoms with E-state index in [-0.39, 0.29) is 18.4 Å². The average molecular weight is 502 g/mol. The van der Waals surface area contributed by atoms with Crippen LogP contribution < -0.4 is 10.9 Å². The Hall–Kier alpha value is -2.57. The van der Waals surface area contributed by atoms with Crippen LogP contribution in [-0.2, 0) is 20.9 Å². The van der Waals surface area contributed by atoms with E-state index in [9.17, 15) is 14.4 Å². The fourth-order valence-corrected chi connectivity index (χ4v) is 4.64. The first-order valence-corrected chi connectivity index (χ1v) is 14.2. The highest BCUT2D eigenvalue weighted by Gasteiger charge is 2.35. The van der Waals surface area contributed by atoms with E-state index in [2.05, 4.69) is 17.8 Å². The van der Waals surface area contributed by atoms with Gasteiger partial charge in [0.05, 0.1) is 0 Å². The third kappa shape index (κ3) is 12.4. The van der Waals surface area contributed by atoms with Crippen molar-refractivity contribution < 1.29 is 19.1 Å². The van der Waals surface area contributed by atoms with Crippen molar-refractivity contribution in [1.29, 1.82) is 0 Å². The molecular formula is C29H47N3O4. The highest BCUT2D eigenvalue weighted by Crippen LogP contribution is 2.19. The highest BCUT2D eigenvalue weighted by molar-refractivity contribution is 5.88. The lowest BCUT2D eigenvalue weighted by Crippen LogP contribution is -2.51. The molecule has 1 saturated heterocycles. The first kappa shape index (κ1) is 29.7. The Morgan fingerprint density at radius 1 is 0.833 bits per heavy atom. The van der Waals surface area contributed by atoms with Crippen molar-refractivity contribution in [2.75, 3.05) is 6.54 Å². The Labute approximate surface area is 217 Å². The standard InChI is InChI=1S/C29H47N3O4/c1-2-3-4-5-6-7-8-9-10-11-12-13-17-22-27(33)30-31-28(34)26-21-18-23-32(26)29(35)36-24-25-19-15-14-16-20-25/h14-16,19-20,26H,2-13,17-18,21-24H2,1H3,(H,30,33)(H,31,34)/t26-/m1/s1. The number of nitrogens with one attached hydrogen (secondary N) is 2. The molecule has 7 heteroatoms. The number of nitrogens with zero attached hydrogens (tertiary/aromatic N) is 1. The van der Waals surface area contributed by atoms with Crippen molar-refractivity contribution in [2.24, 2.45) is 0 Å². The first-order valence-electron chi connectivity index (χ1n) is 14.2. The third-order valence-electron chi connectivity index (χ3n) is 6.83. The van der Waals surface area contributed by atoms with Crippen molar-refractivity contribution in [3.63, 3.8) is 0 Å². The lowest BCUT2D eigenvalue weighted by atomic mass is 10.0. The van der Waals surface area contributed by atoms with E-state index in [4.69, 9.17) is 4.74 Å². The molecule has 1 aromatic carbocycles. The summed E-state index contributed by atoms with van der Waals surface area (Å²) in [6, 6.07) is 8.82. The van der Waals surface area contributed by atoms with Crippen LogP contribution in [0.2, 0.25) is 0 Å². The van der Waals surface area contributed by atoms with E-state index in [0.29, 0.717) is 19.4 Å². The van der Waals surface area contributed by atoms with Gasteiger partial charge in [0.15, 0.2) is 0 Å². The molecule has 0 bridgehead atoms. The minimum Gasteiger partial charge on any atom is -0.445 e. The minimum absolute atomic E-state index is 0.167. The first-order chi connectivity index (χ1) is 17.6. The molecule has 7 nitrogen and oxygen atoms in total. The maximum Gasteiger partial charge on any atom is 0.410 e. The van der Waals surface area contributed by atoms with Gasteiger partial charge in [-0.3, -0.25) is 25.3 Å². The van der Waals surface area contributed by atoms with Gasteiger partial charge < -0.3 is 4.74 Å². The van der Waals surface area contributed by atoms with Gasteiger partial charge in [-0.2, -0.15) is 0 Å². The van der Waals surface area contributed by atoms with Crippen LogP contribution in [0.3, 0.4) is 0 Å². The molecule has 36 heavy (non-hydrogen) atoms. The number of carbonyl (C=O) groups is 3. The predicted molar refractivity (Wildman–Crippen MR) is 143 cm³/mol. The molecule has 1 aromatic rings. The molecule has 1 aliphatic rings. The number of unbranched alkanes of at least 4 members (excludes halogenated alkanes) is 12. The summed E-state index contributed by atoms with van der Waals surface area (Å²) >= 11 is 0. The lowest BCUT2D eigenvalue weighted by molar-refractivity contribution is -0.131. The molecule has 1 atom stereocenters. The minimum atomic E-state index is -0.620. The van der Waals surface area contributed by atoms with Crippen LogP contribution in [-0.4, -0.2) is 35.4 Å². The summed E-state index contributed by atoms with van der Waals surface area (Å²) in [5.74, 6) is -0.564. The molecule has 0 saturated carbocycles. The smallest absolute Gasteiger partial charge is 0.410 e. The molecule has 1 heterocycles. The number of hydrazine groups is 1. The van der Waals surface area contributed by atoms with E-state index in [1.807, 2.05) is 30.3 Å². The number of hydrogen-bond donors (Lipinski definition) is 2. The Bertz CT molecular complexity index is 756. The molecule has 0 radical (unpaired) electrons. The molecule has 0 aromatic heterocycles. The van der Waals surface area contributed by atoms with E-state index in [1.54, 1.807) is 0 Å². The van der Waals surface area contributed by atoms with Crippen LogP contribution >= 0.6 is 0 Å². The van der Waals surface area contributed by atoms with Crippen molar-refractivity contribution in [3.05, 3.63) is 35.9 Å². The fourth-order valence-electron chi connectivity index (χ4n) is 4.64. The van der Waals surface area contributed by atoms with Crippen LogP contribution in [0.1, 0.15) is 115 Å². The molecule has 2 N–H and O–H groups in total. The normalized spacial score (nSPS) is 15.0. The van der Waals surface area contributed by atoms with Gasteiger partial charge in [0.2, 0.25) is 5.91 Å². The summed E-state index contributed by atoms with van der Waals surface area (Å²) in [6.07, 6.45) is 17.5. The van der Waals surface area contributed by atoms with Gasteiger partial charge in [0.1, 0.15) is 12.6 Å². The van der Waals surface area contributed by atoms with Gasteiger partial charge in [-0.15, -0.1) is 0 Å². The Kier molecular flexibility index (Phi) is 15.4. The quantitative estimate of drug-likeness (QED) is 0.191. The van der Waals surface area contributed by atoms with E-state index >= 15 is 0 Å². The molecule has 1 fully saturated rings. The zero-order chi connectivity index (χ0) is 25.8. The van der Waals surface area contributed by atoms with Crippen molar-refractivity contribution >= 4 is 17.9 Å². The molecule has 0 spiro atoms. The van der Waals surface area contributed by atoms with Gasteiger partial charge in [-0.25, -0.2) is 4.79 Å². The second kappa shape index (κ2) is 18.7. The highest BCUT2D eigenvalue weighted by atomic mass is 16.6. The van der Waals surface area contributed by atoms with Crippen LogP contribution in [0.4, 0.5) is 4.79 Å². The molecule has 1 aliphatic heterocycles. The molecule has 2 rings (SSSR count). The Balaban J connectivity index is 1.48. The monoisotopic (exact) mass is 501 g/mol. The van der Waals surface area contributed by atoms with Gasteiger partial charge in [0.25, 0.3) is 5.91 Å².